The first-order valence-corrected chi connectivity index (χ1v) is 1.72. The molecule has 0 fully saturated rings. The van der Waals surface area contributed by atoms with Gasteiger partial charge in [0.1, 0.15) is 12.2 Å². The standard InChI is InChI=1S/C3H5N3.Zn/c1-3-4-2-5-6-3;/h2H,1H3,(H,4,5,6);. The molecule has 1 aromatic heterocycles. The molecule has 0 atom stereocenters. The topological polar surface area (TPSA) is 41.6 Å². The molecule has 0 bridgehead atoms. The van der Waals surface area contributed by atoms with Crippen molar-refractivity contribution < 1.29 is 19.5 Å². The fraction of sp³-hybridized carbons (Fsp3) is 0.333. The predicted octanol–water partition coefficient (Wildman–Crippen LogP) is 0.111. The molecule has 1 N–H and O–H groups in total. The van der Waals surface area contributed by atoms with Gasteiger partial charge in [-0.1, -0.05) is 0 Å². The number of aryl methyl sites for hydroxylation is 1. The minimum Gasteiger partial charge on any atom is -0.266 e. The molecule has 1 aromatic rings. The summed E-state index contributed by atoms with van der Waals surface area (Å²) in [6.45, 7) is 1.83. The maximum Gasteiger partial charge on any atom is 0.147 e. The average Bonchev–Trinajstić information content (AvgIpc) is 1.86. The van der Waals surface area contributed by atoms with Crippen molar-refractivity contribution in [3.63, 3.8) is 0 Å². The van der Waals surface area contributed by atoms with Crippen molar-refractivity contribution in [1.82, 2.24) is 15.2 Å². The van der Waals surface area contributed by atoms with Crippen LogP contribution in [0.4, 0.5) is 0 Å². The Labute approximate surface area is 54.3 Å². The SMILES string of the molecule is Cc1nc[nH]n1.[Zn]. The summed E-state index contributed by atoms with van der Waals surface area (Å²) < 4.78 is 0. The van der Waals surface area contributed by atoms with Gasteiger partial charge in [-0.15, -0.1) is 0 Å². The van der Waals surface area contributed by atoms with E-state index in [0.717, 1.165) is 5.82 Å². The minimum atomic E-state index is 0. The third kappa shape index (κ3) is 1.78. The maximum absolute atomic E-state index is 3.75. The number of aromatic nitrogens is 3. The van der Waals surface area contributed by atoms with Crippen LogP contribution in [0.2, 0.25) is 0 Å². The van der Waals surface area contributed by atoms with Gasteiger partial charge in [-0.05, 0) is 6.92 Å². The Morgan fingerprint density at radius 3 is 2.57 bits per heavy atom. The molecule has 1 rings (SSSR count). The van der Waals surface area contributed by atoms with Gasteiger partial charge in [-0.2, -0.15) is 5.10 Å². The van der Waals surface area contributed by atoms with Gasteiger partial charge in [-0.25, -0.2) is 4.98 Å². The molecule has 7 heavy (non-hydrogen) atoms. The molecule has 0 spiro atoms. The Bertz CT molecular complexity index is 114. The molecule has 1 heterocycles. The van der Waals surface area contributed by atoms with Gasteiger partial charge in [0, 0.05) is 19.5 Å². The van der Waals surface area contributed by atoms with E-state index in [1.54, 1.807) is 6.33 Å². The molecule has 0 saturated carbocycles. The molecule has 0 unspecified atom stereocenters. The molecule has 0 aliphatic carbocycles. The molecule has 34 valence electrons. The number of nitrogens with zero attached hydrogens (tertiary/aromatic N) is 2. The second-order valence-electron chi connectivity index (χ2n) is 1.05. The summed E-state index contributed by atoms with van der Waals surface area (Å²) in [6.07, 6.45) is 1.55. The molecule has 0 aromatic carbocycles. The fourth-order valence-corrected chi connectivity index (χ4v) is 0.273. The number of H-pyrrole nitrogens is 1. The average molecular weight is 148 g/mol. The van der Waals surface area contributed by atoms with Crippen LogP contribution < -0.4 is 0 Å². The van der Waals surface area contributed by atoms with Crippen LogP contribution in [0.3, 0.4) is 0 Å². The number of hydrogen-bond acceptors (Lipinski definition) is 2. The van der Waals surface area contributed by atoms with Crippen molar-refractivity contribution in [1.29, 1.82) is 0 Å². The van der Waals surface area contributed by atoms with Crippen molar-refractivity contribution in [3.8, 4) is 0 Å². The summed E-state index contributed by atoms with van der Waals surface area (Å²) in [7, 11) is 0. The first kappa shape index (κ1) is 6.76. The van der Waals surface area contributed by atoms with E-state index in [1.165, 1.54) is 0 Å². The summed E-state index contributed by atoms with van der Waals surface area (Å²) in [5, 5.41) is 6.25. The molecule has 0 saturated heterocycles. The smallest absolute Gasteiger partial charge is 0.147 e. The Kier molecular flexibility index (Phi) is 2.76. The molecule has 4 heteroatoms. The van der Waals surface area contributed by atoms with Crippen LogP contribution in [0, 0.1) is 6.92 Å². The number of nitrogens with one attached hydrogen (secondary N) is 1. The van der Waals surface area contributed by atoms with E-state index in [4.69, 9.17) is 0 Å². The molecule has 0 aliphatic rings. The normalized spacial score (nSPS) is 7.57. The van der Waals surface area contributed by atoms with Gasteiger partial charge in [0.2, 0.25) is 0 Å². The maximum atomic E-state index is 3.75. The van der Waals surface area contributed by atoms with Gasteiger partial charge in [-0.3, -0.25) is 5.10 Å². The minimum absolute atomic E-state index is 0. The van der Waals surface area contributed by atoms with Crippen LogP contribution in [-0.4, -0.2) is 15.2 Å². The first-order chi connectivity index (χ1) is 2.89. The van der Waals surface area contributed by atoms with Gasteiger partial charge >= 0.3 is 0 Å². The van der Waals surface area contributed by atoms with E-state index in [1.807, 2.05) is 6.92 Å². The molecule has 0 aliphatic heterocycles. The van der Waals surface area contributed by atoms with Crippen molar-refractivity contribution in [2.45, 2.75) is 6.92 Å². The van der Waals surface area contributed by atoms with Crippen molar-refractivity contribution in [2.75, 3.05) is 0 Å². The van der Waals surface area contributed by atoms with Crippen molar-refractivity contribution in [2.24, 2.45) is 0 Å². The van der Waals surface area contributed by atoms with Crippen LogP contribution in [0.5, 0.6) is 0 Å². The Balaban J connectivity index is 0.000000360. The van der Waals surface area contributed by atoms with Crippen LogP contribution in [0.15, 0.2) is 6.33 Å². The van der Waals surface area contributed by atoms with E-state index in [2.05, 4.69) is 15.2 Å². The van der Waals surface area contributed by atoms with Gasteiger partial charge in [0.15, 0.2) is 0 Å². The molecule has 0 radical (unpaired) electrons. The summed E-state index contributed by atoms with van der Waals surface area (Å²) in [4.78, 5) is 3.75. The largest absolute Gasteiger partial charge is 0.266 e. The second-order valence-corrected chi connectivity index (χ2v) is 1.05. The second kappa shape index (κ2) is 2.86. The van der Waals surface area contributed by atoms with Gasteiger partial charge in [0.05, 0.1) is 0 Å². The fourth-order valence-electron chi connectivity index (χ4n) is 0.273. The number of rotatable bonds is 0. The van der Waals surface area contributed by atoms with Crippen LogP contribution in [0.1, 0.15) is 5.82 Å². The zero-order valence-electron chi connectivity index (χ0n) is 4.18. The Morgan fingerprint density at radius 1 is 1.71 bits per heavy atom. The molecule has 0 amide bonds. The number of hydrogen-bond donors (Lipinski definition) is 1. The van der Waals surface area contributed by atoms with Gasteiger partial charge in [0.25, 0.3) is 0 Å². The monoisotopic (exact) mass is 147 g/mol. The van der Waals surface area contributed by atoms with E-state index >= 15 is 0 Å². The molecule has 3 nitrogen and oxygen atoms in total. The zero-order chi connectivity index (χ0) is 4.41. The number of aromatic amines is 1. The zero-order valence-corrected chi connectivity index (χ0v) is 7.15. The van der Waals surface area contributed by atoms with Crippen LogP contribution in [-0.2, 0) is 19.5 Å². The predicted molar refractivity (Wildman–Crippen MR) is 21.1 cm³/mol. The third-order valence-corrected chi connectivity index (χ3v) is 0.535. The van der Waals surface area contributed by atoms with Gasteiger partial charge < -0.3 is 0 Å². The quantitative estimate of drug-likeness (QED) is 0.531. The van der Waals surface area contributed by atoms with Crippen molar-refractivity contribution in [3.05, 3.63) is 12.2 Å². The van der Waals surface area contributed by atoms with E-state index in [9.17, 15) is 0 Å². The van der Waals surface area contributed by atoms with Crippen LogP contribution >= 0.6 is 0 Å². The first-order valence-electron chi connectivity index (χ1n) is 1.72. The Morgan fingerprint density at radius 2 is 2.43 bits per heavy atom. The summed E-state index contributed by atoms with van der Waals surface area (Å²) in [5.41, 5.74) is 0. The van der Waals surface area contributed by atoms with E-state index < -0.39 is 0 Å². The van der Waals surface area contributed by atoms with Crippen LogP contribution in [0.25, 0.3) is 0 Å². The third-order valence-electron chi connectivity index (χ3n) is 0.535. The summed E-state index contributed by atoms with van der Waals surface area (Å²) in [5.74, 6) is 0.787. The Hall–Kier alpha value is -0.237. The van der Waals surface area contributed by atoms with E-state index in [-0.39, 0.29) is 19.5 Å². The molecular weight excluding hydrogens is 143 g/mol. The van der Waals surface area contributed by atoms with E-state index in [0.29, 0.717) is 0 Å². The summed E-state index contributed by atoms with van der Waals surface area (Å²) >= 11 is 0. The molecular formula is C3H5N3Zn. The summed E-state index contributed by atoms with van der Waals surface area (Å²) in [6, 6.07) is 0. The van der Waals surface area contributed by atoms with Crippen molar-refractivity contribution >= 4 is 0 Å².